The molecule has 1 unspecified atom stereocenters. The van der Waals surface area contributed by atoms with Gasteiger partial charge in [-0.1, -0.05) is 18.5 Å². The van der Waals surface area contributed by atoms with Crippen LogP contribution in [0.25, 0.3) is 0 Å². The molecule has 0 saturated carbocycles. The fraction of sp³-hybridized carbons (Fsp3) is 0.643. The normalized spacial score (nSPS) is 19.8. The molecule has 1 aliphatic rings. The fourth-order valence-corrected chi connectivity index (χ4v) is 2.53. The molecule has 19 heavy (non-hydrogen) atoms. The quantitative estimate of drug-likeness (QED) is 0.842. The zero-order valence-corrected chi connectivity index (χ0v) is 12.2. The Bertz CT molecular complexity index is 414. The summed E-state index contributed by atoms with van der Waals surface area (Å²) in [6.45, 7) is 6.02. The standard InChI is InChI=1S/C14H22ClN3O/c1-2-6-16-14-4-3-12(15)13(17-14)9-18-7-5-11(8-18)10-19/h3-4,11,19H,2,5-10H2,1H3,(H,16,17). The van der Waals surface area contributed by atoms with Crippen molar-refractivity contribution in [2.75, 3.05) is 31.6 Å². The van der Waals surface area contributed by atoms with Crippen molar-refractivity contribution in [2.45, 2.75) is 26.3 Å². The van der Waals surface area contributed by atoms with Crippen molar-refractivity contribution in [1.29, 1.82) is 0 Å². The lowest BCUT2D eigenvalue weighted by atomic mass is 10.1. The summed E-state index contributed by atoms with van der Waals surface area (Å²) in [6.07, 6.45) is 2.13. The molecule has 0 spiro atoms. The van der Waals surface area contributed by atoms with Gasteiger partial charge < -0.3 is 10.4 Å². The van der Waals surface area contributed by atoms with Crippen LogP contribution >= 0.6 is 11.6 Å². The highest BCUT2D eigenvalue weighted by Gasteiger charge is 2.22. The van der Waals surface area contributed by atoms with Crippen LogP contribution in [0.1, 0.15) is 25.5 Å². The molecule has 2 rings (SSSR count). The lowest BCUT2D eigenvalue weighted by Gasteiger charge is -2.16. The number of likely N-dealkylation sites (tertiary alicyclic amines) is 1. The van der Waals surface area contributed by atoms with E-state index in [2.05, 4.69) is 22.1 Å². The average Bonchev–Trinajstić information content (AvgIpc) is 2.87. The van der Waals surface area contributed by atoms with Gasteiger partial charge in [0.25, 0.3) is 0 Å². The number of aromatic nitrogens is 1. The number of nitrogens with one attached hydrogen (secondary N) is 1. The molecule has 0 bridgehead atoms. The van der Waals surface area contributed by atoms with Crippen LogP contribution in [0.3, 0.4) is 0 Å². The molecule has 1 aliphatic heterocycles. The molecular weight excluding hydrogens is 262 g/mol. The maximum Gasteiger partial charge on any atom is 0.126 e. The van der Waals surface area contributed by atoms with Crippen molar-refractivity contribution in [1.82, 2.24) is 9.88 Å². The minimum absolute atomic E-state index is 0.274. The van der Waals surface area contributed by atoms with Crippen LogP contribution in [0.5, 0.6) is 0 Å². The number of anilines is 1. The molecule has 0 aliphatic carbocycles. The van der Waals surface area contributed by atoms with Gasteiger partial charge in [-0.3, -0.25) is 4.90 Å². The number of pyridine rings is 1. The van der Waals surface area contributed by atoms with Crippen molar-refractivity contribution in [2.24, 2.45) is 5.92 Å². The van der Waals surface area contributed by atoms with Crippen LogP contribution in [0, 0.1) is 5.92 Å². The molecule has 1 saturated heterocycles. The van der Waals surface area contributed by atoms with Gasteiger partial charge >= 0.3 is 0 Å². The van der Waals surface area contributed by atoms with E-state index in [-0.39, 0.29) is 6.61 Å². The Kier molecular flexibility index (Phi) is 5.43. The van der Waals surface area contributed by atoms with Gasteiger partial charge in [-0.25, -0.2) is 4.98 Å². The van der Waals surface area contributed by atoms with E-state index in [9.17, 15) is 0 Å². The summed E-state index contributed by atoms with van der Waals surface area (Å²) in [6, 6.07) is 3.82. The smallest absolute Gasteiger partial charge is 0.126 e. The van der Waals surface area contributed by atoms with Crippen LogP contribution in [0.4, 0.5) is 5.82 Å². The third-order valence-corrected chi connectivity index (χ3v) is 3.82. The summed E-state index contributed by atoms with van der Waals surface area (Å²) in [4.78, 5) is 6.88. The highest BCUT2D eigenvalue weighted by atomic mass is 35.5. The summed E-state index contributed by atoms with van der Waals surface area (Å²) in [5.41, 5.74) is 0.918. The first-order valence-corrected chi connectivity index (χ1v) is 7.33. The van der Waals surface area contributed by atoms with Gasteiger partial charge in [0.1, 0.15) is 5.82 Å². The molecular formula is C14H22ClN3O. The number of hydrogen-bond donors (Lipinski definition) is 2. The van der Waals surface area contributed by atoms with Gasteiger partial charge in [-0.05, 0) is 37.4 Å². The van der Waals surface area contributed by atoms with E-state index in [4.69, 9.17) is 16.7 Å². The number of halogens is 1. The Morgan fingerprint density at radius 1 is 1.53 bits per heavy atom. The summed E-state index contributed by atoms with van der Waals surface area (Å²) >= 11 is 6.21. The Morgan fingerprint density at radius 2 is 2.37 bits per heavy atom. The highest BCUT2D eigenvalue weighted by Crippen LogP contribution is 2.22. The van der Waals surface area contributed by atoms with Crippen LogP contribution in [0.15, 0.2) is 12.1 Å². The second-order valence-electron chi connectivity index (χ2n) is 5.12. The van der Waals surface area contributed by atoms with E-state index in [0.29, 0.717) is 5.92 Å². The van der Waals surface area contributed by atoms with E-state index in [1.807, 2.05) is 12.1 Å². The number of aliphatic hydroxyl groups excluding tert-OH is 1. The molecule has 4 nitrogen and oxygen atoms in total. The second-order valence-corrected chi connectivity index (χ2v) is 5.53. The average molecular weight is 284 g/mol. The first-order chi connectivity index (χ1) is 9.22. The minimum atomic E-state index is 0.274. The predicted molar refractivity (Wildman–Crippen MR) is 78.5 cm³/mol. The van der Waals surface area contributed by atoms with Crippen molar-refractivity contribution in [3.05, 3.63) is 22.8 Å². The number of nitrogens with zero attached hydrogens (tertiary/aromatic N) is 2. The van der Waals surface area contributed by atoms with Crippen molar-refractivity contribution in [3.63, 3.8) is 0 Å². The topological polar surface area (TPSA) is 48.4 Å². The third kappa shape index (κ3) is 4.06. The Morgan fingerprint density at radius 3 is 3.05 bits per heavy atom. The van der Waals surface area contributed by atoms with Gasteiger partial charge in [0.2, 0.25) is 0 Å². The maximum atomic E-state index is 9.17. The first kappa shape index (κ1) is 14.6. The molecule has 2 heterocycles. The van der Waals surface area contributed by atoms with Crippen LogP contribution in [-0.4, -0.2) is 41.2 Å². The van der Waals surface area contributed by atoms with E-state index >= 15 is 0 Å². The Balaban J connectivity index is 1.98. The highest BCUT2D eigenvalue weighted by molar-refractivity contribution is 6.31. The predicted octanol–water partition coefficient (Wildman–Crippen LogP) is 2.37. The van der Waals surface area contributed by atoms with Crippen molar-refractivity contribution >= 4 is 17.4 Å². The summed E-state index contributed by atoms with van der Waals surface area (Å²) < 4.78 is 0. The van der Waals surface area contributed by atoms with Crippen LogP contribution < -0.4 is 5.32 Å². The maximum absolute atomic E-state index is 9.17. The minimum Gasteiger partial charge on any atom is -0.396 e. The molecule has 0 aromatic carbocycles. The molecule has 0 amide bonds. The van der Waals surface area contributed by atoms with Gasteiger partial charge in [0.05, 0.1) is 10.7 Å². The van der Waals surface area contributed by atoms with Crippen LogP contribution in [0.2, 0.25) is 5.02 Å². The largest absolute Gasteiger partial charge is 0.396 e. The zero-order valence-electron chi connectivity index (χ0n) is 11.4. The SMILES string of the molecule is CCCNc1ccc(Cl)c(CN2CCC(CO)C2)n1. The molecule has 1 fully saturated rings. The molecule has 1 aromatic heterocycles. The number of hydrogen-bond acceptors (Lipinski definition) is 4. The summed E-state index contributed by atoms with van der Waals surface area (Å²) in [5, 5.41) is 13.2. The van der Waals surface area contributed by atoms with Gasteiger partial charge in [-0.2, -0.15) is 0 Å². The Labute approximate surface area is 119 Å². The van der Waals surface area contributed by atoms with Crippen molar-refractivity contribution < 1.29 is 5.11 Å². The van der Waals surface area contributed by atoms with E-state index in [1.165, 1.54) is 0 Å². The van der Waals surface area contributed by atoms with Gasteiger partial charge in [0, 0.05) is 26.2 Å². The fourth-order valence-electron chi connectivity index (χ4n) is 2.36. The molecule has 0 radical (unpaired) electrons. The molecule has 2 N–H and O–H groups in total. The molecule has 1 atom stereocenters. The van der Waals surface area contributed by atoms with E-state index in [0.717, 1.165) is 55.6 Å². The zero-order chi connectivity index (χ0) is 13.7. The van der Waals surface area contributed by atoms with Gasteiger partial charge in [-0.15, -0.1) is 0 Å². The lowest BCUT2D eigenvalue weighted by molar-refractivity contribution is 0.219. The third-order valence-electron chi connectivity index (χ3n) is 3.48. The number of rotatable bonds is 6. The van der Waals surface area contributed by atoms with E-state index < -0.39 is 0 Å². The number of aliphatic hydroxyl groups is 1. The Hall–Kier alpha value is -0.840. The monoisotopic (exact) mass is 283 g/mol. The summed E-state index contributed by atoms with van der Waals surface area (Å²) in [7, 11) is 0. The molecule has 106 valence electrons. The van der Waals surface area contributed by atoms with E-state index in [1.54, 1.807) is 0 Å². The summed E-state index contributed by atoms with van der Waals surface area (Å²) in [5.74, 6) is 1.29. The van der Waals surface area contributed by atoms with Gasteiger partial charge in [0.15, 0.2) is 0 Å². The second kappa shape index (κ2) is 7.08. The first-order valence-electron chi connectivity index (χ1n) is 6.95. The lowest BCUT2D eigenvalue weighted by Crippen LogP contribution is -2.22. The van der Waals surface area contributed by atoms with Crippen LogP contribution in [-0.2, 0) is 6.54 Å². The van der Waals surface area contributed by atoms with Crippen molar-refractivity contribution in [3.8, 4) is 0 Å². The molecule has 5 heteroatoms. The molecule has 1 aromatic rings.